The zero-order chi connectivity index (χ0) is 70.0. The molecule has 0 radical (unpaired) electrons. The van der Waals surface area contributed by atoms with Gasteiger partial charge in [-0.2, -0.15) is 0 Å². The summed E-state index contributed by atoms with van der Waals surface area (Å²) in [7, 11) is -9.92. The highest BCUT2D eigenvalue weighted by molar-refractivity contribution is 7.47. The molecule has 0 saturated heterocycles. The van der Waals surface area contributed by atoms with Crippen molar-refractivity contribution in [3.8, 4) is 0 Å². The van der Waals surface area contributed by atoms with Crippen LogP contribution in [0.5, 0.6) is 0 Å². The van der Waals surface area contributed by atoms with Crippen molar-refractivity contribution in [1.29, 1.82) is 0 Å². The highest BCUT2D eigenvalue weighted by Crippen LogP contribution is 2.45. The molecule has 0 aliphatic rings. The van der Waals surface area contributed by atoms with Crippen molar-refractivity contribution < 1.29 is 80.2 Å². The lowest BCUT2D eigenvalue weighted by Gasteiger charge is -2.21. The number of hydrogen-bond donors (Lipinski definition) is 3. The number of aliphatic hydroxyl groups excluding tert-OH is 1. The molecule has 19 heteroatoms. The van der Waals surface area contributed by atoms with Crippen molar-refractivity contribution >= 4 is 39.5 Å². The maximum atomic E-state index is 13.1. The first kappa shape index (κ1) is 92.5. The number of carbonyl (C=O) groups excluding carboxylic acids is 4. The SMILES string of the molecule is CCCCCC/C=C\C=C/CCCCCCCC(=O)OC[C@H](COP(=O)(O)OC[C@@H](O)COP(=O)(O)OC[C@@H](COC(=O)CCCCCCCCC)OC(=O)CCCCCCCCCCCCCC(C)C)OC(=O)CCCCCCCCCCCCCCCCCCC(C)C. The highest BCUT2D eigenvalue weighted by atomic mass is 31.2. The summed E-state index contributed by atoms with van der Waals surface area (Å²) < 4.78 is 68.4. The second kappa shape index (κ2) is 67.4. The molecule has 0 heterocycles. The summed E-state index contributed by atoms with van der Waals surface area (Å²) in [6.45, 7) is 9.51. The van der Waals surface area contributed by atoms with Gasteiger partial charge in [-0.15, -0.1) is 0 Å². The third-order valence-corrected chi connectivity index (χ3v) is 19.0. The molecule has 0 aromatic heterocycles. The van der Waals surface area contributed by atoms with Crippen LogP contribution in [0.1, 0.15) is 369 Å². The van der Waals surface area contributed by atoms with Gasteiger partial charge in [0.2, 0.25) is 0 Å². The van der Waals surface area contributed by atoms with Crippen molar-refractivity contribution in [3.05, 3.63) is 24.3 Å². The molecule has 0 saturated carbocycles. The predicted octanol–water partition coefficient (Wildman–Crippen LogP) is 21.9. The molecule has 17 nitrogen and oxygen atoms in total. The number of unbranched alkanes of at least 4 members (excludes halogenated alkanes) is 40. The Labute approximate surface area is 580 Å². The second-order valence-electron chi connectivity index (χ2n) is 27.7. The fourth-order valence-corrected chi connectivity index (χ4v) is 12.7. The van der Waals surface area contributed by atoms with E-state index in [1.165, 1.54) is 154 Å². The van der Waals surface area contributed by atoms with E-state index in [0.717, 1.165) is 134 Å². The lowest BCUT2D eigenvalue weighted by molar-refractivity contribution is -0.161. The Morgan fingerprint density at radius 2 is 0.568 bits per heavy atom. The first-order valence-electron chi connectivity index (χ1n) is 38.8. The van der Waals surface area contributed by atoms with Crippen molar-refractivity contribution in [1.82, 2.24) is 0 Å². The van der Waals surface area contributed by atoms with E-state index in [-0.39, 0.29) is 25.7 Å². The van der Waals surface area contributed by atoms with Gasteiger partial charge in [0.15, 0.2) is 12.2 Å². The van der Waals surface area contributed by atoms with Gasteiger partial charge in [-0.3, -0.25) is 37.3 Å². The third kappa shape index (κ3) is 69.8. The molecule has 0 spiro atoms. The first-order chi connectivity index (χ1) is 45.9. The first-order valence-corrected chi connectivity index (χ1v) is 41.8. The number of ether oxygens (including phenoxy) is 4. The normalized spacial score (nSPS) is 14.2. The summed E-state index contributed by atoms with van der Waals surface area (Å²) >= 11 is 0. The van der Waals surface area contributed by atoms with Crippen molar-refractivity contribution in [3.63, 3.8) is 0 Å². The molecule has 0 aliphatic heterocycles. The van der Waals surface area contributed by atoms with Gasteiger partial charge in [-0.25, -0.2) is 9.13 Å². The molecule has 0 aromatic rings. The van der Waals surface area contributed by atoms with Crippen molar-refractivity contribution in [2.45, 2.75) is 387 Å². The Morgan fingerprint density at radius 1 is 0.326 bits per heavy atom. The number of hydrogen-bond acceptors (Lipinski definition) is 15. The Hall–Kier alpha value is -2.46. The number of rotatable bonds is 73. The molecule has 0 amide bonds. The largest absolute Gasteiger partial charge is 0.472 e. The molecule has 95 heavy (non-hydrogen) atoms. The molecular formula is C76H144O17P2. The van der Waals surface area contributed by atoms with Gasteiger partial charge >= 0.3 is 39.5 Å². The van der Waals surface area contributed by atoms with E-state index in [2.05, 4.69) is 65.8 Å². The molecule has 0 bridgehead atoms. The van der Waals surface area contributed by atoms with Crippen molar-refractivity contribution in [2.24, 2.45) is 11.8 Å². The minimum Gasteiger partial charge on any atom is -0.462 e. The average molecular weight is 1390 g/mol. The molecule has 5 atom stereocenters. The van der Waals surface area contributed by atoms with E-state index in [0.29, 0.717) is 25.7 Å². The summed E-state index contributed by atoms with van der Waals surface area (Å²) in [5.74, 6) is -0.579. The van der Waals surface area contributed by atoms with E-state index in [1.54, 1.807) is 0 Å². The molecule has 0 aliphatic carbocycles. The fourth-order valence-electron chi connectivity index (χ4n) is 11.1. The minimum absolute atomic E-state index is 0.101. The van der Waals surface area contributed by atoms with Gasteiger partial charge in [-0.05, 0) is 63.2 Å². The number of esters is 4. The number of aliphatic hydroxyl groups is 1. The highest BCUT2D eigenvalue weighted by Gasteiger charge is 2.30. The fraction of sp³-hybridized carbons (Fsp3) is 0.895. The Bertz CT molecular complexity index is 1930. The molecule has 0 aromatic carbocycles. The smallest absolute Gasteiger partial charge is 0.462 e. The van der Waals surface area contributed by atoms with Crippen LogP contribution in [0.25, 0.3) is 0 Å². The van der Waals surface area contributed by atoms with Gasteiger partial charge in [0.05, 0.1) is 26.4 Å². The lowest BCUT2D eigenvalue weighted by atomic mass is 10.0. The maximum absolute atomic E-state index is 13.1. The van der Waals surface area contributed by atoms with E-state index in [1.807, 2.05) is 0 Å². The van der Waals surface area contributed by atoms with Crippen LogP contribution in [0.3, 0.4) is 0 Å². The molecule has 0 fully saturated rings. The third-order valence-electron chi connectivity index (χ3n) is 17.1. The van der Waals surface area contributed by atoms with Crippen LogP contribution >= 0.6 is 15.6 Å². The van der Waals surface area contributed by atoms with E-state index in [4.69, 9.17) is 37.0 Å². The van der Waals surface area contributed by atoms with Crippen molar-refractivity contribution in [2.75, 3.05) is 39.6 Å². The van der Waals surface area contributed by atoms with Gasteiger partial charge in [0, 0.05) is 25.7 Å². The molecular weight excluding hydrogens is 1250 g/mol. The number of phosphoric ester groups is 2. The summed E-state index contributed by atoms with van der Waals surface area (Å²) in [4.78, 5) is 72.6. The van der Waals surface area contributed by atoms with Crippen LogP contribution in [0.15, 0.2) is 24.3 Å². The van der Waals surface area contributed by atoms with E-state index < -0.39 is 97.5 Å². The Morgan fingerprint density at radius 3 is 0.863 bits per heavy atom. The van der Waals surface area contributed by atoms with Gasteiger partial charge in [0.1, 0.15) is 19.3 Å². The Kier molecular flexibility index (Phi) is 65.6. The summed E-state index contributed by atoms with van der Waals surface area (Å²) in [6, 6.07) is 0. The maximum Gasteiger partial charge on any atom is 0.472 e. The van der Waals surface area contributed by atoms with Gasteiger partial charge in [-0.1, -0.05) is 316 Å². The molecule has 2 unspecified atom stereocenters. The van der Waals surface area contributed by atoms with Crippen LogP contribution < -0.4 is 0 Å². The Balaban J connectivity index is 5.23. The van der Waals surface area contributed by atoms with Gasteiger partial charge < -0.3 is 33.8 Å². The van der Waals surface area contributed by atoms with Crippen LogP contribution in [0.2, 0.25) is 0 Å². The topological polar surface area (TPSA) is 237 Å². The van der Waals surface area contributed by atoms with Crippen LogP contribution in [0, 0.1) is 11.8 Å². The lowest BCUT2D eigenvalue weighted by Crippen LogP contribution is -2.30. The summed E-state index contributed by atoms with van der Waals surface area (Å²) in [5, 5.41) is 10.6. The predicted molar refractivity (Wildman–Crippen MR) is 386 cm³/mol. The zero-order valence-electron chi connectivity index (χ0n) is 61.5. The summed E-state index contributed by atoms with van der Waals surface area (Å²) in [6.07, 6.45) is 57.8. The zero-order valence-corrected chi connectivity index (χ0v) is 63.2. The number of phosphoric acid groups is 2. The number of allylic oxidation sites excluding steroid dienone is 4. The van der Waals surface area contributed by atoms with Crippen LogP contribution in [-0.2, 0) is 65.4 Å². The van der Waals surface area contributed by atoms with Crippen LogP contribution in [0.4, 0.5) is 0 Å². The quantitative estimate of drug-likeness (QED) is 0.0169. The van der Waals surface area contributed by atoms with E-state index in [9.17, 15) is 43.2 Å². The second-order valence-corrected chi connectivity index (χ2v) is 30.6. The summed E-state index contributed by atoms with van der Waals surface area (Å²) in [5.41, 5.74) is 0. The monoisotopic (exact) mass is 1390 g/mol. The number of carbonyl (C=O) groups is 4. The molecule has 3 N–H and O–H groups in total. The molecule has 0 rings (SSSR count). The van der Waals surface area contributed by atoms with E-state index >= 15 is 0 Å². The molecule has 560 valence electrons. The van der Waals surface area contributed by atoms with Gasteiger partial charge in [0.25, 0.3) is 0 Å². The minimum atomic E-state index is -4.96. The average Bonchev–Trinajstić information content (AvgIpc) is 1.34. The van der Waals surface area contributed by atoms with Crippen LogP contribution in [-0.4, -0.2) is 96.7 Å². The standard InChI is InChI=1S/C76H144O17P2/c1-7-9-11-13-15-16-17-18-21-25-30-35-41-47-53-59-74(79)87-65-72(93-75(80)60-54-48-42-36-31-26-23-20-19-22-24-28-33-39-44-50-56-68(3)4)67-91-95(84,85)89-63-70(77)62-88-94(82,83)90-66-71(64-86-73(78)58-52-46-38-14-12-10-8-2)92-76(81)61-55-49-43-37-32-27-29-34-40-45-51-57-69(5)6/h16-18,21,68-72,77H,7-15,19-20,22-67H2,1-6H3,(H,82,83)(H,84,85)/b17-16-,21-18-/t70-,71+,72+/m0/s1.